The maximum atomic E-state index is 12.6. The van der Waals surface area contributed by atoms with Gasteiger partial charge < -0.3 is 14.4 Å². The lowest BCUT2D eigenvalue weighted by Crippen LogP contribution is -2.44. The standard InChI is InChI=1S/C13H18N2O5S/c1-9-7-14(4-5-20-9)21(18,19)11-6-12(13(16)17)15(8-11)10-2-3-10/h6,8-10H,2-5,7H2,1H3,(H,16,17). The lowest BCUT2D eigenvalue weighted by molar-refractivity contribution is 0.0102. The molecule has 1 saturated heterocycles. The van der Waals surface area contributed by atoms with Crippen LogP contribution in [-0.4, -0.2) is 54.2 Å². The molecule has 2 heterocycles. The molecule has 1 saturated carbocycles. The molecule has 1 aliphatic carbocycles. The fraction of sp³-hybridized carbons (Fsp3) is 0.615. The summed E-state index contributed by atoms with van der Waals surface area (Å²) >= 11 is 0. The number of sulfonamides is 1. The molecule has 1 aliphatic heterocycles. The molecule has 8 heteroatoms. The lowest BCUT2D eigenvalue weighted by Gasteiger charge is -2.29. The molecule has 1 aromatic heterocycles. The molecule has 1 aromatic rings. The minimum absolute atomic E-state index is 0.0392. The van der Waals surface area contributed by atoms with Crippen LogP contribution >= 0.6 is 0 Å². The summed E-state index contributed by atoms with van der Waals surface area (Å²) in [5, 5.41) is 9.22. The van der Waals surface area contributed by atoms with E-state index in [1.807, 2.05) is 6.92 Å². The maximum absolute atomic E-state index is 12.6. The number of ether oxygens (including phenoxy) is 1. The van der Waals surface area contributed by atoms with Gasteiger partial charge in [-0.15, -0.1) is 0 Å². The zero-order valence-electron chi connectivity index (χ0n) is 11.7. The monoisotopic (exact) mass is 314 g/mol. The molecule has 0 amide bonds. The van der Waals surface area contributed by atoms with E-state index in [0.717, 1.165) is 12.8 Å². The molecule has 0 radical (unpaired) electrons. The average molecular weight is 314 g/mol. The summed E-state index contributed by atoms with van der Waals surface area (Å²) < 4.78 is 33.5. The van der Waals surface area contributed by atoms with Crippen LogP contribution < -0.4 is 0 Å². The minimum atomic E-state index is -3.67. The summed E-state index contributed by atoms with van der Waals surface area (Å²) in [7, 11) is -3.67. The largest absolute Gasteiger partial charge is 0.477 e. The zero-order valence-corrected chi connectivity index (χ0v) is 12.5. The number of morpholine rings is 1. The molecule has 0 aromatic carbocycles. The smallest absolute Gasteiger partial charge is 0.352 e. The van der Waals surface area contributed by atoms with Gasteiger partial charge in [0.25, 0.3) is 0 Å². The van der Waals surface area contributed by atoms with Crippen LogP contribution in [0.4, 0.5) is 0 Å². The first-order valence-electron chi connectivity index (χ1n) is 6.96. The number of hydrogen-bond donors (Lipinski definition) is 1. The van der Waals surface area contributed by atoms with Crippen LogP contribution in [0.5, 0.6) is 0 Å². The van der Waals surface area contributed by atoms with E-state index < -0.39 is 16.0 Å². The van der Waals surface area contributed by atoms with Crippen molar-refractivity contribution in [3.8, 4) is 0 Å². The van der Waals surface area contributed by atoms with E-state index in [0.29, 0.717) is 19.7 Å². The van der Waals surface area contributed by atoms with E-state index in [-0.39, 0.29) is 22.7 Å². The first-order chi connectivity index (χ1) is 9.89. The lowest BCUT2D eigenvalue weighted by atomic mass is 10.3. The molecule has 21 heavy (non-hydrogen) atoms. The minimum Gasteiger partial charge on any atom is -0.477 e. The van der Waals surface area contributed by atoms with Gasteiger partial charge in [-0.2, -0.15) is 4.31 Å². The van der Waals surface area contributed by atoms with E-state index in [9.17, 15) is 18.3 Å². The number of hydrogen-bond acceptors (Lipinski definition) is 4. The Morgan fingerprint density at radius 1 is 1.43 bits per heavy atom. The fourth-order valence-corrected chi connectivity index (χ4v) is 4.10. The third kappa shape index (κ3) is 2.70. The summed E-state index contributed by atoms with van der Waals surface area (Å²) in [6.07, 6.45) is 3.08. The Hall–Kier alpha value is -1.38. The van der Waals surface area contributed by atoms with Crippen molar-refractivity contribution in [3.63, 3.8) is 0 Å². The summed E-state index contributed by atoms with van der Waals surface area (Å²) in [6, 6.07) is 1.37. The van der Waals surface area contributed by atoms with Crippen LogP contribution in [0.25, 0.3) is 0 Å². The van der Waals surface area contributed by atoms with Gasteiger partial charge in [0.1, 0.15) is 10.6 Å². The van der Waals surface area contributed by atoms with Gasteiger partial charge in [0.15, 0.2) is 0 Å². The Kier molecular flexibility index (Phi) is 3.54. The molecule has 2 aliphatic rings. The second-order valence-corrected chi connectivity index (χ2v) is 7.49. The van der Waals surface area contributed by atoms with E-state index in [2.05, 4.69) is 0 Å². The predicted molar refractivity (Wildman–Crippen MR) is 73.8 cm³/mol. The van der Waals surface area contributed by atoms with Gasteiger partial charge in [0.05, 0.1) is 12.7 Å². The number of rotatable bonds is 4. The van der Waals surface area contributed by atoms with Crippen molar-refractivity contribution < 1.29 is 23.1 Å². The van der Waals surface area contributed by atoms with Gasteiger partial charge in [-0.25, -0.2) is 13.2 Å². The highest BCUT2D eigenvalue weighted by atomic mass is 32.2. The molecule has 0 bridgehead atoms. The van der Waals surface area contributed by atoms with E-state index in [4.69, 9.17) is 4.74 Å². The zero-order chi connectivity index (χ0) is 15.2. The van der Waals surface area contributed by atoms with Gasteiger partial charge in [0, 0.05) is 25.3 Å². The van der Waals surface area contributed by atoms with Crippen LogP contribution in [-0.2, 0) is 14.8 Å². The first-order valence-corrected chi connectivity index (χ1v) is 8.40. The highest BCUT2D eigenvalue weighted by Crippen LogP contribution is 2.37. The number of carboxylic acids is 1. The van der Waals surface area contributed by atoms with E-state index in [1.54, 1.807) is 4.57 Å². The molecule has 1 atom stereocenters. The summed E-state index contributed by atoms with van der Waals surface area (Å²) in [5.41, 5.74) is 0.0392. The number of aromatic nitrogens is 1. The third-order valence-corrected chi connectivity index (χ3v) is 5.65. The van der Waals surface area contributed by atoms with Gasteiger partial charge in [-0.05, 0) is 25.8 Å². The first kappa shape index (κ1) is 14.6. The van der Waals surface area contributed by atoms with Crippen LogP contribution in [0.2, 0.25) is 0 Å². The van der Waals surface area contributed by atoms with Gasteiger partial charge in [-0.1, -0.05) is 0 Å². The Balaban J connectivity index is 1.95. The normalized spacial score (nSPS) is 24.1. The Labute approximate surface area is 123 Å². The summed E-state index contributed by atoms with van der Waals surface area (Å²) in [5.74, 6) is -1.10. The molecular weight excluding hydrogens is 296 g/mol. The van der Waals surface area contributed by atoms with Crippen molar-refractivity contribution in [2.24, 2.45) is 0 Å². The molecule has 116 valence electrons. The van der Waals surface area contributed by atoms with Crippen LogP contribution in [0.15, 0.2) is 17.2 Å². The maximum Gasteiger partial charge on any atom is 0.352 e. The van der Waals surface area contributed by atoms with E-state index in [1.165, 1.54) is 16.6 Å². The summed E-state index contributed by atoms with van der Waals surface area (Å²) in [4.78, 5) is 11.3. The van der Waals surface area contributed by atoms with Crippen molar-refractivity contribution in [2.75, 3.05) is 19.7 Å². The molecule has 3 rings (SSSR count). The molecule has 7 nitrogen and oxygen atoms in total. The SMILES string of the molecule is CC1CN(S(=O)(=O)c2cc(C(=O)O)n(C3CC3)c2)CCO1. The van der Waals surface area contributed by atoms with Crippen LogP contribution in [0, 0.1) is 0 Å². The molecule has 1 unspecified atom stereocenters. The number of nitrogens with zero attached hydrogens (tertiary/aromatic N) is 2. The quantitative estimate of drug-likeness (QED) is 0.893. The Bertz CT molecular complexity index is 662. The Morgan fingerprint density at radius 3 is 2.71 bits per heavy atom. The van der Waals surface area contributed by atoms with Crippen molar-refractivity contribution in [1.29, 1.82) is 0 Å². The Morgan fingerprint density at radius 2 is 2.14 bits per heavy atom. The second-order valence-electron chi connectivity index (χ2n) is 5.55. The average Bonchev–Trinajstić information content (AvgIpc) is 3.16. The third-order valence-electron chi connectivity index (χ3n) is 3.82. The van der Waals surface area contributed by atoms with Gasteiger partial charge >= 0.3 is 5.97 Å². The van der Waals surface area contributed by atoms with Gasteiger partial charge in [0.2, 0.25) is 10.0 Å². The molecular formula is C13H18N2O5S. The predicted octanol–water partition coefficient (Wildman–Crippen LogP) is 0.931. The van der Waals surface area contributed by atoms with Crippen molar-refractivity contribution in [3.05, 3.63) is 18.0 Å². The molecule has 0 spiro atoms. The topological polar surface area (TPSA) is 88.8 Å². The van der Waals surface area contributed by atoms with Crippen molar-refractivity contribution >= 4 is 16.0 Å². The van der Waals surface area contributed by atoms with Crippen molar-refractivity contribution in [2.45, 2.75) is 36.8 Å². The summed E-state index contributed by atoms with van der Waals surface area (Å²) in [6.45, 7) is 2.76. The number of carbonyl (C=O) groups is 1. The number of carboxylic acid groups (broad SMARTS) is 1. The van der Waals surface area contributed by atoms with Gasteiger partial charge in [-0.3, -0.25) is 0 Å². The fourth-order valence-electron chi connectivity index (χ4n) is 2.58. The van der Waals surface area contributed by atoms with Crippen LogP contribution in [0.1, 0.15) is 36.3 Å². The second kappa shape index (κ2) is 5.11. The highest BCUT2D eigenvalue weighted by molar-refractivity contribution is 7.89. The van der Waals surface area contributed by atoms with Crippen LogP contribution in [0.3, 0.4) is 0 Å². The highest BCUT2D eigenvalue weighted by Gasteiger charge is 2.34. The van der Waals surface area contributed by atoms with Crippen molar-refractivity contribution in [1.82, 2.24) is 8.87 Å². The number of aromatic carboxylic acids is 1. The molecule has 1 N–H and O–H groups in total. The molecule has 2 fully saturated rings. The van der Waals surface area contributed by atoms with E-state index >= 15 is 0 Å².